The molecule has 0 saturated heterocycles. The van der Waals surface area contributed by atoms with Gasteiger partial charge in [0.1, 0.15) is 12.6 Å². The van der Waals surface area contributed by atoms with E-state index in [9.17, 15) is 10.1 Å². The summed E-state index contributed by atoms with van der Waals surface area (Å²) < 4.78 is 10.3. The summed E-state index contributed by atoms with van der Waals surface area (Å²) >= 11 is 0. The van der Waals surface area contributed by atoms with E-state index in [1.807, 2.05) is 0 Å². The Morgan fingerprint density at radius 1 is 1.15 bits per heavy atom. The van der Waals surface area contributed by atoms with Gasteiger partial charge < -0.3 is 20.9 Å². The number of nitrogens with two attached hydrogens (primary N) is 2. The van der Waals surface area contributed by atoms with Crippen molar-refractivity contribution in [1.29, 1.82) is 0 Å². The van der Waals surface area contributed by atoms with Gasteiger partial charge >= 0.3 is 0 Å². The highest BCUT2D eigenvalue weighted by Crippen LogP contribution is 2.29. The zero-order chi connectivity index (χ0) is 18.7. The van der Waals surface area contributed by atoms with Crippen LogP contribution in [0.1, 0.15) is 5.56 Å². The zero-order valence-electron chi connectivity index (χ0n) is 13.9. The Hall–Kier alpha value is -3.37. The summed E-state index contributed by atoms with van der Waals surface area (Å²) in [4.78, 5) is 23.0. The van der Waals surface area contributed by atoms with Crippen LogP contribution in [0.5, 0.6) is 0 Å². The minimum Gasteiger partial charge on any atom is -0.383 e. The molecule has 0 radical (unpaired) electrons. The summed E-state index contributed by atoms with van der Waals surface area (Å²) in [5, 5.41) is 11.4. The number of pyridine rings is 1. The van der Waals surface area contributed by atoms with Crippen LogP contribution in [0.2, 0.25) is 0 Å². The molecular weight excluding hydrogens is 340 g/mol. The fourth-order valence-electron chi connectivity index (χ4n) is 2.47. The summed E-state index contributed by atoms with van der Waals surface area (Å²) in [7, 11) is 1.52. The normalized spacial score (nSPS) is 11.0. The van der Waals surface area contributed by atoms with Crippen LogP contribution in [-0.2, 0) is 16.1 Å². The lowest BCUT2D eigenvalue weighted by molar-refractivity contribution is -0.384. The average Bonchev–Trinajstić information content (AvgIpc) is 2.62. The number of rotatable bonds is 6. The van der Waals surface area contributed by atoms with Gasteiger partial charge in [-0.05, 0) is 18.2 Å². The van der Waals surface area contributed by atoms with Crippen LogP contribution in [0.25, 0.3) is 22.3 Å². The predicted octanol–water partition coefficient (Wildman–Crippen LogP) is 1.88. The molecule has 10 nitrogen and oxygen atoms in total. The van der Waals surface area contributed by atoms with Gasteiger partial charge in [0.2, 0.25) is 5.95 Å². The minimum absolute atomic E-state index is 0.0115. The zero-order valence-corrected chi connectivity index (χ0v) is 13.9. The van der Waals surface area contributed by atoms with Crippen LogP contribution in [0.3, 0.4) is 0 Å². The second-order valence-electron chi connectivity index (χ2n) is 5.39. The van der Waals surface area contributed by atoms with E-state index in [4.69, 9.17) is 20.9 Å². The van der Waals surface area contributed by atoms with E-state index in [0.29, 0.717) is 27.9 Å². The van der Waals surface area contributed by atoms with E-state index >= 15 is 0 Å². The molecule has 0 amide bonds. The monoisotopic (exact) mass is 356 g/mol. The topological polar surface area (TPSA) is 152 Å². The Morgan fingerprint density at radius 3 is 2.54 bits per heavy atom. The summed E-state index contributed by atoms with van der Waals surface area (Å²) in [5.74, 6) is 0.226. The number of methoxy groups -OCH3 is 1. The van der Waals surface area contributed by atoms with Gasteiger partial charge in [0.05, 0.1) is 22.6 Å². The third-order valence-electron chi connectivity index (χ3n) is 3.62. The van der Waals surface area contributed by atoms with Gasteiger partial charge in [-0.1, -0.05) is 0 Å². The number of nitro benzene ring substituents is 1. The second kappa shape index (κ2) is 7.25. The maximum Gasteiger partial charge on any atom is 0.269 e. The molecule has 0 aliphatic carbocycles. The summed E-state index contributed by atoms with van der Waals surface area (Å²) in [5.41, 5.74) is 13.8. The SMILES string of the molecule is COCOCc1cc2c(N)nc(N)nc2nc1-c1ccc([N+](=O)[O-])cc1. The quantitative estimate of drug-likeness (QED) is 0.292. The number of ether oxygens (including phenoxy) is 2. The first kappa shape index (κ1) is 17.5. The molecule has 2 heterocycles. The van der Waals surface area contributed by atoms with Crippen molar-refractivity contribution in [1.82, 2.24) is 15.0 Å². The standard InChI is InChI=1S/C16H16N6O4/c1-25-8-26-7-10-6-12-14(17)20-16(18)21-15(12)19-13(10)9-2-4-11(5-3-9)22(23)24/h2-6H,7-8H2,1H3,(H4,17,18,19,20,21). The van der Waals surface area contributed by atoms with Crippen molar-refractivity contribution in [3.8, 4) is 11.3 Å². The Labute approximate surface area is 147 Å². The highest BCUT2D eigenvalue weighted by molar-refractivity contribution is 5.89. The van der Waals surface area contributed by atoms with Gasteiger partial charge in [-0.2, -0.15) is 9.97 Å². The van der Waals surface area contributed by atoms with Gasteiger partial charge in [-0.25, -0.2) is 4.98 Å². The van der Waals surface area contributed by atoms with Gasteiger partial charge in [-0.15, -0.1) is 0 Å². The van der Waals surface area contributed by atoms with Crippen LogP contribution in [0.15, 0.2) is 30.3 Å². The molecule has 3 aromatic rings. The van der Waals surface area contributed by atoms with Gasteiger partial charge in [0.25, 0.3) is 5.69 Å². The third-order valence-corrected chi connectivity index (χ3v) is 3.62. The van der Waals surface area contributed by atoms with Crippen molar-refractivity contribution >= 4 is 28.5 Å². The summed E-state index contributed by atoms with van der Waals surface area (Å²) in [6, 6.07) is 7.80. The van der Waals surface area contributed by atoms with Gasteiger partial charge in [0.15, 0.2) is 5.65 Å². The predicted molar refractivity (Wildman–Crippen MR) is 94.9 cm³/mol. The molecule has 0 aliphatic heterocycles. The van der Waals surface area contributed by atoms with Crippen molar-refractivity contribution in [3.05, 3.63) is 46.0 Å². The molecule has 0 bridgehead atoms. The number of hydrogen-bond acceptors (Lipinski definition) is 9. The van der Waals surface area contributed by atoms with Crippen LogP contribution in [-0.4, -0.2) is 33.8 Å². The number of aromatic nitrogens is 3. The van der Waals surface area contributed by atoms with Crippen molar-refractivity contribution < 1.29 is 14.4 Å². The van der Waals surface area contributed by atoms with Gasteiger partial charge in [-0.3, -0.25) is 10.1 Å². The molecule has 2 aromatic heterocycles. The highest BCUT2D eigenvalue weighted by atomic mass is 16.7. The molecule has 4 N–H and O–H groups in total. The molecule has 0 fully saturated rings. The molecule has 26 heavy (non-hydrogen) atoms. The Balaban J connectivity index is 2.13. The molecular formula is C16H16N6O4. The van der Waals surface area contributed by atoms with E-state index in [-0.39, 0.29) is 30.9 Å². The largest absolute Gasteiger partial charge is 0.383 e. The van der Waals surface area contributed by atoms with E-state index in [1.54, 1.807) is 18.2 Å². The lowest BCUT2D eigenvalue weighted by Crippen LogP contribution is -2.05. The summed E-state index contributed by atoms with van der Waals surface area (Å²) in [6.45, 7) is 0.304. The molecule has 0 spiro atoms. The molecule has 0 atom stereocenters. The number of nitro groups is 1. The molecule has 0 aliphatic rings. The maximum absolute atomic E-state index is 10.9. The first-order valence-corrected chi connectivity index (χ1v) is 7.53. The molecule has 1 aromatic carbocycles. The molecule has 0 unspecified atom stereocenters. The van der Waals surface area contributed by atoms with E-state index in [0.717, 1.165) is 0 Å². The lowest BCUT2D eigenvalue weighted by Gasteiger charge is -2.12. The Kier molecular flexibility index (Phi) is 4.87. The van der Waals surface area contributed by atoms with Crippen LogP contribution < -0.4 is 11.5 Å². The number of fused-ring (bicyclic) bond motifs is 1. The number of hydrogen-bond donors (Lipinski definition) is 2. The minimum atomic E-state index is -0.463. The fourth-order valence-corrected chi connectivity index (χ4v) is 2.47. The third kappa shape index (κ3) is 3.50. The van der Waals surface area contributed by atoms with Crippen molar-refractivity contribution in [3.63, 3.8) is 0 Å². The van der Waals surface area contributed by atoms with E-state index in [2.05, 4.69) is 15.0 Å². The smallest absolute Gasteiger partial charge is 0.269 e. The molecule has 134 valence electrons. The number of non-ortho nitro benzene ring substituents is 1. The van der Waals surface area contributed by atoms with E-state index < -0.39 is 4.92 Å². The highest BCUT2D eigenvalue weighted by Gasteiger charge is 2.15. The average molecular weight is 356 g/mol. The molecule has 10 heteroatoms. The van der Waals surface area contributed by atoms with Crippen LogP contribution in [0.4, 0.5) is 17.5 Å². The fraction of sp³-hybridized carbons (Fsp3) is 0.188. The summed E-state index contributed by atoms with van der Waals surface area (Å²) in [6.07, 6.45) is 0. The molecule has 3 rings (SSSR count). The second-order valence-corrected chi connectivity index (χ2v) is 5.39. The lowest BCUT2D eigenvalue weighted by atomic mass is 10.0. The van der Waals surface area contributed by atoms with Crippen molar-refractivity contribution in [2.45, 2.75) is 6.61 Å². The Morgan fingerprint density at radius 2 is 1.88 bits per heavy atom. The van der Waals surface area contributed by atoms with Gasteiger partial charge in [0, 0.05) is 30.4 Å². The maximum atomic E-state index is 10.9. The molecule has 0 saturated carbocycles. The first-order valence-electron chi connectivity index (χ1n) is 7.53. The number of nitrogens with zero attached hydrogens (tertiary/aromatic N) is 4. The van der Waals surface area contributed by atoms with Crippen LogP contribution in [0, 0.1) is 10.1 Å². The van der Waals surface area contributed by atoms with Crippen molar-refractivity contribution in [2.24, 2.45) is 0 Å². The van der Waals surface area contributed by atoms with E-state index in [1.165, 1.54) is 19.2 Å². The number of benzene rings is 1. The first-order chi connectivity index (χ1) is 12.5. The van der Waals surface area contributed by atoms with Crippen LogP contribution >= 0.6 is 0 Å². The Bertz CT molecular complexity index is 961. The number of nitrogen functional groups attached to an aromatic ring is 2. The number of anilines is 2. The van der Waals surface area contributed by atoms with Crippen molar-refractivity contribution in [2.75, 3.05) is 25.4 Å².